The average Bonchev–Trinajstić information content (AvgIpc) is 2.61. The first-order valence-corrected chi connectivity index (χ1v) is 7.56. The molecular weight excluding hydrogens is 308 g/mol. The molecule has 2 aromatic carbocycles. The molecule has 0 atom stereocenters. The highest BCUT2D eigenvalue weighted by molar-refractivity contribution is 5.91. The van der Waals surface area contributed by atoms with Gasteiger partial charge in [0, 0.05) is 36.5 Å². The van der Waals surface area contributed by atoms with Crippen LogP contribution in [0.4, 0.5) is 11.4 Å². The lowest BCUT2D eigenvalue weighted by Gasteiger charge is -2.11. The first kappa shape index (κ1) is 17.5. The lowest BCUT2D eigenvalue weighted by atomic mass is 10.2. The summed E-state index contributed by atoms with van der Waals surface area (Å²) in [5, 5.41) is 6.03. The number of methoxy groups -OCH3 is 3. The highest BCUT2D eigenvalue weighted by Gasteiger charge is 2.07. The zero-order valence-corrected chi connectivity index (χ0v) is 14.1. The van der Waals surface area contributed by atoms with E-state index in [4.69, 9.17) is 14.2 Å². The molecule has 24 heavy (non-hydrogen) atoms. The van der Waals surface area contributed by atoms with Crippen LogP contribution in [0.25, 0.3) is 0 Å². The Labute approximate surface area is 141 Å². The topological polar surface area (TPSA) is 68.8 Å². The third kappa shape index (κ3) is 4.81. The summed E-state index contributed by atoms with van der Waals surface area (Å²) in [6.07, 6.45) is 0.339. The lowest BCUT2D eigenvalue weighted by molar-refractivity contribution is -0.115. The first-order valence-electron chi connectivity index (χ1n) is 7.56. The fourth-order valence-electron chi connectivity index (χ4n) is 2.19. The van der Waals surface area contributed by atoms with E-state index in [0.29, 0.717) is 30.2 Å². The summed E-state index contributed by atoms with van der Waals surface area (Å²) in [7, 11) is 4.75. The van der Waals surface area contributed by atoms with Crippen molar-refractivity contribution in [3.63, 3.8) is 0 Å². The molecule has 2 rings (SSSR count). The molecule has 6 nitrogen and oxygen atoms in total. The van der Waals surface area contributed by atoms with E-state index >= 15 is 0 Å². The SMILES string of the molecule is COc1cccc(NCCC(=O)Nc2ccc(OC)c(OC)c2)c1. The van der Waals surface area contributed by atoms with Crippen molar-refractivity contribution in [1.29, 1.82) is 0 Å². The van der Waals surface area contributed by atoms with Crippen LogP contribution >= 0.6 is 0 Å². The van der Waals surface area contributed by atoms with Gasteiger partial charge in [-0.15, -0.1) is 0 Å². The summed E-state index contributed by atoms with van der Waals surface area (Å²) < 4.78 is 15.6. The molecule has 0 bridgehead atoms. The molecule has 0 heterocycles. The van der Waals surface area contributed by atoms with E-state index < -0.39 is 0 Å². The van der Waals surface area contributed by atoms with E-state index in [1.54, 1.807) is 39.5 Å². The molecule has 0 aliphatic rings. The quantitative estimate of drug-likeness (QED) is 0.778. The second-order valence-electron chi connectivity index (χ2n) is 5.03. The number of ether oxygens (including phenoxy) is 3. The number of benzene rings is 2. The van der Waals surface area contributed by atoms with Crippen molar-refractivity contribution in [2.75, 3.05) is 38.5 Å². The Bertz CT molecular complexity index is 688. The van der Waals surface area contributed by atoms with Crippen LogP contribution < -0.4 is 24.8 Å². The minimum Gasteiger partial charge on any atom is -0.497 e. The Hall–Kier alpha value is -2.89. The maximum absolute atomic E-state index is 12.0. The van der Waals surface area contributed by atoms with Gasteiger partial charge in [0.25, 0.3) is 0 Å². The maximum atomic E-state index is 12.0. The van der Waals surface area contributed by atoms with E-state index in [1.165, 1.54) is 0 Å². The van der Waals surface area contributed by atoms with Gasteiger partial charge >= 0.3 is 0 Å². The van der Waals surface area contributed by atoms with Crippen LogP contribution in [0.5, 0.6) is 17.2 Å². The molecule has 0 radical (unpaired) electrons. The van der Waals surface area contributed by atoms with E-state index in [1.807, 2.05) is 24.3 Å². The number of amides is 1. The van der Waals surface area contributed by atoms with E-state index in [9.17, 15) is 4.79 Å². The third-order valence-corrected chi connectivity index (χ3v) is 3.42. The lowest BCUT2D eigenvalue weighted by Crippen LogP contribution is -2.16. The largest absolute Gasteiger partial charge is 0.497 e. The number of rotatable bonds is 8. The Balaban J connectivity index is 1.85. The van der Waals surface area contributed by atoms with Gasteiger partial charge in [-0.1, -0.05) is 6.07 Å². The van der Waals surface area contributed by atoms with Gasteiger partial charge in [-0.2, -0.15) is 0 Å². The molecule has 0 aliphatic heterocycles. The Morgan fingerprint density at radius 1 is 0.917 bits per heavy atom. The van der Waals surface area contributed by atoms with Gasteiger partial charge in [-0.3, -0.25) is 4.79 Å². The molecule has 6 heteroatoms. The Morgan fingerprint density at radius 2 is 1.71 bits per heavy atom. The Morgan fingerprint density at radius 3 is 2.42 bits per heavy atom. The van der Waals surface area contributed by atoms with Gasteiger partial charge in [0.15, 0.2) is 11.5 Å². The van der Waals surface area contributed by atoms with Crippen LogP contribution in [0.1, 0.15) is 6.42 Å². The number of carbonyl (C=O) groups is 1. The standard InChI is InChI=1S/C18H22N2O4/c1-22-15-6-4-5-13(11-15)19-10-9-18(21)20-14-7-8-16(23-2)17(12-14)24-3/h4-8,11-12,19H,9-10H2,1-3H3,(H,20,21). The van der Waals surface area contributed by atoms with Crippen molar-refractivity contribution in [3.05, 3.63) is 42.5 Å². The molecule has 0 saturated carbocycles. The fourth-order valence-corrected chi connectivity index (χ4v) is 2.19. The van der Waals surface area contributed by atoms with E-state index in [0.717, 1.165) is 11.4 Å². The fraction of sp³-hybridized carbons (Fsp3) is 0.278. The van der Waals surface area contributed by atoms with E-state index in [-0.39, 0.29) is 5.91 Å². The molecule has 2 aromatic rings. The smallest absolute Gasteiger partial charge is 0.226 e. The van der Waals surface area contributed by atoms with Crippen LogP contribution in [0.15, 0.2) is 42.5 Å². The predicted octanol–water partition coefficient (Wildman–Crippen LogP) is 3.15. The molecule has 0 saturated heterocycles. The highest BCUT2D eigenvalue weighted by Crippen LogP contribution is 2.29. The van der Waals surface area contributed by atoms with Crippen molar-refractivity contribution in [1.82, 2.24) is 0 Å². The molecule has 2 N–H and O–H groups in total. The van der Waals surface area contributed by atoms with Crippen LogP contribution in [0, 0.1) is 0 Å². The minimum atomic E-state index is -0.0855. The second-order valence-corrected chi connectivity index (χ2v) is 5.03. The van der Waals surface area contributed by atoms with Crippen molar-refractivity contribution in [2.24, 2.45) is 0 Å². The van der Waals surface area contributed by atoms with Crippen LogP contribution in [0.3, 0.4) is 0 Å². The van der Waals surface area contributed by atoms with Crippen molar-refractivity contribution < 1.29 is 19.0 Å². The average molecular weight is 330 g/mol. The molecular formula is C18H22N2O4. The zero-order chi connectivity index (χ0) is 17.4. The summed E-state index contributed by atoms with van der Waals surface area (Å²) >= 11 is 0. The molecule has 0 aliphatic carbocycles. The zero-order valence-electron chi connectivity index (χ0n) is 14.1. The number of hydrogen-bond donors (Lipinski definition) is 2. The summed E-state index contributed by atoms with van der Waals surface area (Å²) in [4.78, 5) is 12.0. The monoisotopic (exact) mass is 330 g/mol. The number of carbonyl (C=O) groups excluding carboxylic acids is 1. The van der Waals surface area contributed by atoms with Crippen LogP contribution in [0.2, 0.25) is 0 Å². The molecule has 0 fully saturated rings. The summed E-state index contributed by atoms with van der Waals surface area (Å²) in [6.45, 7) is 0.520. The normalized spacial score (nSPS) is 9.96. The number of anilines is 2. The van der Waals surface area contributed by atoms with Gasteiger partial charge < -0.3 is 24.8 Å². The number of hydrogen-bond acceptors (Lipinski definition) is 5. The van der Waals surface area contributed by atoms with Gasteiger partial charge in [0.05, 0.1) is 21.3 Å². The highest BCUT2D eigenvalue weighted by atomic mass is 16.5. The van der Waals surface area contributed by atoms with E-state index in [2.05, 4.69) is 10.6 Å². The number of nitrogens with one attached hydrogen (secondary N) is 2. The molecule has 0 unspecified atom stereocenters. The molecule has 128 valence electrons. The Kier molecular flexibility index (Phi) is 6.31. The van der Waals surface area contributed by atoms with Crippen LogP contribution in [-0.4, -0.2) is 33.8 Å². The van der Waals surface area contributed by atoms with Crippen molar-refractivity contribution in [2.45, 2.75) is 6.42 Å². The van der Waals surface area contributed by atoms with Crippen molar-refractivity contribution in [3.8, 4) is 17.2 Å². The maximum Gasteiger partial charge on any atom is 0.226 e. The summed E-state index contributed by atoms with van der Waals surface area (Å²) in [5.74, 6) is 1.88. The van der Waals surface area contributed by atoms with Gasteiger partial charge in [-0.25, -0.2) is 0 Å². The minimum absolute atomic E-state index is 0.0855. The first-order chi connectivity index (χ1) is 11.7. The van der Waals surface area contributed by atoms with Gasteiger partial charge in [-0.05, 0) is 24.3 Å². The second kappa shape index (κ2) is 8.67. The summed E-state index contributed by atoms with van der Waals surface area (Å²) in [5.41, 5.74) is 1.58. The predicted molar refractivity (Wildman–Crippen MR) is 94.3 cm³/mol. The molecule has 1 amide bonds. The van der Waals surface area contributed by atoms with Crippen LogP contribution in [-0.2, 0) is 4.79 Å². The summed E-state index contributed by atoms with van der Waals surface area (Å²) in [6, 6.07) is 12.8. The molecule has 0 spiro atoms. The van der Waals surface area contributed by atoms with Gasteiger partial charge in [0.1, 0.15) is 5.75 Å². The van der Waals surface area contributed by atoms with Gasteiger partial charge in [0.2, 0.25) is 5.91 Å². The third-order valence-electron chi connectivity index (χ3n) is 3.42. The van der Waals surface area contributed by atoms with Crippen molar-refractivity contribution >= 4 is 17.3 Å². The molecule has 0 aromatic heterocycles.